The third-order valence-corrected chi connectivity index (χ3v) is 4.61. The summed E-state index contributed by atoms with van der Waals surface area (Å²) in [6.45, 7) is 4.19. The van der Waals surface area contributed by atoms with Gasteiger partial charge >= 0.3 is 0 Å². The highest BCUT2D eigenvalue weighted by Crippen LogP contribution is 2.21. The molecule has 0 radical (unpaired) electrons. The third-order valence-electron chi connectivity index (χ3n) is 4.37. The smallest absolute Gasteiger partial charge is 0.115 e. The number of fused-ring (bicyclic) bond motifs is 1. The van der Waals surface area contributed by atoms with Crippen molar-refractivity contribution in [1.82, 2.24) is 15.0 Å². The van der Waals surface area contributed by atoms with E-state index < -0.39 is 0 Å². The monoisotopic (exact) mass is 357 g/mol. The van der Waals surface area contributed by atoms with E-state index in [2.05, 4.69) is 35.3 Å². The highest BCUT2D eigenvalue weighted by atomic mass is 35.5. The molecule has 0 saturated carbocycles. The van der Waals surface area contributed by atoms with Crippen LogP contribution >= 0.6 is 11.6 Å². The fourth-order valence-electron chi connectivity index (χ4n) is 2.92. The minimum Gasteiger partial charge on any atom is -0.393 e. The molecule has 3 aromatic rings. The SMILES string of the molecule is CCCCc1cc(CC(O)CC)cc(-n2nc3ccc(Cl)cc3n2)c1. The number of aryl methyl sites for hydroxylation is 1. The number of nitrogens with zero attached hydrogens (tertiary/aromatic N) is 3. The topological polar surface area (TPSA) is 50.9 Å². The molecule has 0 saturated heterocycles. The van der Waals surface area contributed by atoms with Gasteiger partial charge < -0.3 is 5.11 Å². The van der Waals surface area contributed by atoms with Crippen LogP contribution in [-0.4, -0.2) is 26.2 Å². The Bertz CT molecular complexity index is 859. The molecule has 1 N–H and O–H groups in total. The summed E-state index contributed by atoms with van der Waals surface area (Å²) in [6, 6.07) is 11.9. The zero-order chi connectivity index (χ0) is 17.8. The maximum Gasteiger partial charge on any atom is 0.115 e. The number of halogens is 1. The molecule has 2 aromatic carbocycles. The van der Waals surface area contributed by atoms with Gasteiger partial charge in [-0.05, 0) is 67.1 Å². The van der Waals surface area contributed by atoms with Crippen LogP contribution in [0, 0.1) is 0 Å². The summed E-state index contributed by atoms with van der Waals surface area (Å²) in [5, 5.41) is 19.8. The van der Waals surface area contributed by atoms with Crippen molar-refractivity contribution >= 4 is 22.6 Å². The van der Waals surface area contributed by atoms with Gasteiger partial charge in [0.25, 0.3) is 0 Å². The van der Waals surface area contributed by atoms with Gasteiger partial charge in [0.2, 0.25) is 0 Å². The van der Waals surface area contributed by atoms with Crippen molar-refractivity contribution in [2.45, 2.75) is 52.1 Å². The van der Waals surface area contributed by atoms with E-state index in [0.29, 0.717) is 11.4 Å². The normalized spacial score (nSPS) is 12.6. The Morgan fingerprint density at radius 3 is 2.56 bits per heavy atom. The van der Waals surface area contributed by atoms with Crippen LogP contribution in [0.1, 0.15) is 44.2 Å². The lowest BCUT2D eigenvalue weighted by Gasteiger charge is -2.12. The highest BCUT2D eigenvalue weighted by Gasteiger charge is 2.10. The second kappa shape index (κ2) is 7.98. The lowest BCUT2D eigenvalue weighted by atomic mass is 10.00. The number of unbranched alkanes of at least 4 members (excludes halogenated alkanes) is 1. The van der Waals surface area contributed by atoms with Crippen molar-refractivity contribution < 1.29 is 5.11 Å². The van der Waals surface area contributed by atoms with Gasteiger partial charge in [-0.25, -0.2) is 0 Å². The second-order valence-electron chi connectivity index (χ2n) is 6.50. The van der Waals surface area contributed by atoms with Crippen LogP contribution in [-0.2, 0) is 12.8 Å². The molecule has 3 rings (SSSR count). The maximum atomic E-state index is 10.0. The van der Waals surface area contributed by atoms with Gasteiger partial charge in [0.05, 0.1) is 11.8 Å². The highest BCUT2D eigenvalue weighted by molar-refractivity contribution is 6.31. The van der Waals surface area contributed by atoms with Gasteiger partial charge in [-0.15, -0.1) is 10.2 Å². The molecule has 4 nitrogen and oxygen atoms in total. The molecule has 0 spiro atoms. The molecular weight excluding hydrogens is 334 g/mol. The third kappa shape index (κ3) is 4.39. The van der Waals surface area contributed by atoms with Crippen LogP contribution in [0.3, 0.4) is 0 Å². The molecule has 0 aliphatic heterocycles. The number of aromatic nitrogens is 3. The number of hydrogen-bond donors (Lipinski definition) is 1. The summed E-state index contributed by atoms with van der Waals surface area (Å²) >= 11 is 6.05. The molecule has 1 unspecified atom stereocenters. The molecule has 0 fully saturated rings. The Kier molecular flexibility index (Phi) is 5.71. The summed E-state index contributed by atoms with van der Waals surface area (Å²) in [5.74, 6) is 0. The van der Waals surface area contributed by atoms with Crippen LogP contribution in [0.5, 0.6) is 0 Å². The van der Waals surface area contributed by atoms with Crippen molar-refractivity contribution in [3.05, 3.63) is 52.5 Å². The minimum atomic E-state index is -0.322. The molecule has 1 heterocycles. The molecule has 0 bridgehead atoms. The first-order chi connectivity index (χ1) is 12.1. The largest absolute Gasteiger partial charge is 0.393 e. The molecule has 0 amide bonds. The number of benzene rings is 2. The van der Waals surface area contributed by atoms with Crippen molar-refractivity contribution in [3.63, 3.8) is 0 Å². The molecular formula is C20H24ClN3O. The van der Waals surface area contributed by atoms with Gasteiger partial charge in [0.15, 0.2) is 0 Å². The summed E-state index contributed by atoms with van der Waals surface area (Å²) in [5.41, 5.74) is 4.91. The average molecular weight is 358 g/mol. The molecule has 0 aliphatic carbocycles. The first-order valence-electron chi connectivity index (χ1n) is 8.93. The van der Waals surface area contributed by atoms with Gasteiger partial charge in [0, 0.05) is 5.02 Å². The first kappa shape index (κ1) is 17.9. The zero-order valence-corrected chi connectivity index (χ0v) is 15.5. The summed E-state index contributed by atoms with van der Waals surface area (Å²) in [4.78, 5) is 1.66. The van der Waals surface area contributed by atoms with Crippen LogP contribution < -0.4 is 0 Å². The Balaban J connectivity index is 2.00. The fourth-order valence-corrected chi connectivity index (χ4v) is 3.09. The summed E-state index contributed by atoms with van der Waals surface area (Å²) in [6.07, 6.45) is 4.39. The number of aliphatic hydroxyl groups is 1. The van der Waals surface area contributed by atoms with E-state index >= 15 is 0 Å². The van der Waals surface area contributed by atoms with E-state index in [1.807, 2.05) is 25.1 Å². The van der Waals surface area contributed by atoms with Crippen LogP contribution in [0.2, 0.25) is 5.02 Å². The molecule has 25 heavy (non-hydrogen) atoms. The lowest BCUT2D eigenvalue weighted by molar-refractivity contribution is 0.171. The standard InChI is InChI=1S/C20H24ClN3O/c1-3-5-6-14-9-15(12-18(25)4-2)11-17(10-14)24-22-19-8-7-16(21)13-20(19)23-24/h7-11,13,18,25H,3-6,12H2,1-2H3. The van der Waals surface area contributed by atoms with E-state index in [4.69, 9.17) is 11.6 Å². The number of rotatable bonds is 7. The quantitative estimate of drug-likeness (QED) is 0.665. The predicted molar refractivity (Wildman–Crippen MR) is 102 cm³/mol. The van der Waals surface area contributed by atoms with E-state index in [0.717, 1.165) is 48.0 Å². The van der Waals surface area contributed by atoms with Crippen LogP contribution in [0.25, 0.3) is 16.7 Å². The molecule has 5 heteroatoms. The lowest BCUT2D eigenvalue weighted by Crippen LogP contribution is -2.10. The maximum absolute atomic E-state index is 10.0. The molecule has 0 aliphatic rings. The Hall–Kier alpha value is -1.91. The van der Waals surface area contributed by atoms with Crippen molar-refractivity contribution in [1.29, 1.82) is 0 Å². The van der Waals surface area contributed by atoms with Gasteiger partial charge in [0.1, 0.15) is 11.0 Å². The van der Waals surface area contributed by atoms with Crippen LogP contribution in [0.15, 0.2) is 36.4 Å². The van der Waals surface area contributed by atoms with E-state index in [9.17, 15) is 5.11 Å². The zero-order valence-electron chi connectivity index (χ0n) is 14.7. The number of hydrogen-bond acceptors (Lipinski definition) is 3. The van der Waals surface area contributed by atoms with Gasteiger partial charge in [-0.1, -0.05) is 37.9 Å². The Labute approximate surface area is 153 Å². The molecule has 1 aromatic heterocycles. The Morgan fingerprint density at radius 1 is 1.04 bits per heavy atom. The molecule has 1 atom stereocenters. The fraction of sp³-hybridized carbons (Fsp3) is 0.400. The summed E-state index contributed by atoms with van der Waals surface area (Å²) < 4.78 is 0. The van der Waals surface area contributed by atoms with Crippen molar-refractivity contribution in [2.24, 2.45) is 0 Å². The second-order valence-corrected chi connectivity index (χ2v) is 6.94. The van der Waals surface area contributed by atoms with E-state index in [-0.39, 0.29) is 6.10 Å². The van der Waals surface area contributed by atoms with E-state index in [1.54, 1.807) is 4.80 Å². The number of aliphatic hydroxyl groups excluding tert-OH is 1. The minimum absolute atomic E-state index is 0.322. The van der Waals surface area contributed by atoms with Gasteiger partial charge in [-0.3, -0.25) is 0 Å². The van der Waals surface area contributed by atoms with Crippen molar-refractivity contribution in [2.75, 3.05) is 0 Å². The van der Waals surface area contributed by atoms with E-state index in [1.165, 1.54) is 5.56 Å². The Morgan fingerprint density at radius 2 is 1.80 bits per heavy atom. The van der Waals surface area contributed by atoms with Crippen LogP contribution in [0.4, 0.5) is 0 Å². The summed E-state index contributed by atoms with van der Waals surface area (Å²) in [7, 11) is 0. The van der Waals surface area contributed by atoms with Gasteiger partial charge in [-0.2, -0.15) is 4.80 Å². The molecule has 132 valence electrons. The first-order valence-corrected chi connectivity index (χ1v) is 9.30. The predicted octanol–water partition coefficient (Wildman–Crippen LogP) is 4.73. The average Bonchev–Trinajstić information content (AvgIpc) is 3.02. The van der Waals surface area contributed by atoms with Crippen molar-refractivity contribution in [3.8, 4) is 5.69 Å².